The van der Waals surface area contributed by atoms with Gasteiger partial charge in [-0.1, -0.05) is 18.6 Å². The van der Waals surface area contributed by atoms with Crippen LogP contribution in [0.1, 0.15) is 48.5 Å². The summed E-state index contributed by atoms with van der Waals surface area (Å²) in [6.45, 7) is 1.64. The zero-order valence-electron chi connectivity index (χ0n) is 10.7. The molecule has 1 aliphatic rings. The van der Waals surface area contributed by atoms with Crippen LogP contribution in [0.15, 0.2) is 0 Å². The third-order valence-electron chi connectivity index (χ3n) is 3.50. The van der Waals surface area contributed by atoms with E-state index in [2.05, 4.69) is 9.97 Å². The van der Waals surface area contributed by atoms with Crippen LogP contribution in [0.4, 0.5) is 0 Å². The smallest absolute Gasteiger partial charge is 0.157 e. The second-order valence-corrected chi connectivity index (χ2v) is 7.67. The lowest BCUT2D eigenvalue weighted by Crippen LogP contribution is -2.14. The van der Waals surface area contributed by atoms with E-state index in [4.69, 9.17) is 12.2 Å². The molecule has 1 atom stereocenters. The summed E-state index contributed by atoms with van der Waals surface area (Å²) >= 11 is 5.30. The number of aromatic amines is 1. The molecule has 1 aromatic heterocycles. The quantitative estimate of drug-likeness (QED) is 0.670. The SMILES string of the molecule is CC(c1nc(=S)c2c([nH]1)CCCCC2)S(C)(=O)=O. The summed E-state index contributed by atoms with van der Waals surface area (Å²) in [5.41, 5.74) is 2.19. The van der Waals surface area contributed by atoms with E-state index in [0.29, 0.717) is 10.5 Å². The van der Waals surface area contributed by atoms with Crippen molar-refractivity contribution in [2.75, 3.05) is 6.26 Å². The first kappa shape index (κ1) is 13.7. The van der Waals surface area contributed by atoms with E-state index in [-0.39, 0.29) is 0 Å². The molecule has 0 bridgehead atoms. The molecule has 1 N–H and O–H groups in total. The Morgan fingerprint density at radius 2 is 1.94 bits per heavy atom. The lowest BCUT2D eigenvalue weighted by molar-refractivity contribution is 0.588. The van der Waals surface area contributed by atoms with Gasteiger partial charge in [0.2, 0.25) is 0 Å². The molecule has 0 fully saturated rings. The molecule has 6 heteroatoms. The van der Waals surface area contributed by atoms with E-state index in [0.717, 1.165) is 36.9 Å². The summed E-state index contributed by atoms with van der Waals surface area (Å²) in [4.78, 5) is 7.47. The summed E-state index contributed by atoms with van der Waals surface area (Å²) < 4.78 is 23.7. The lowest BCUT2D eigenvalue weighted by Gasteiger charge is -2.13. The lowest BCUT2D eigenvalue weighted by atomic mass is 10.1. The largest absolute Gasteiger partial charge is 0.346 e. The van der Waals surface area contributed by atoms with Gasteiger partial charge in [0, 0.05) is 17.5 Å². The van der Waals surface area contributed by atoms with Crippen LogP contribution in [0, 0.1) is 4.64 Å². The molecule has 0 amide bonds. The average Bonchev–Trinajstić information content (AvgIpc) is 2.52. The van der Waals surface area contributed by atoms with Crippen molar-refractivity contribution >= 4 is 22.1 Å². The minimum absolute atomic E-state index is 0.475. The van der Waals surface area contributed by atoms with Crippen LogP contribution in [0.2, 0.25) is 0 Å². The standard InChI is InChI=1S/C12H18N2O2S2/c1-8(18(2,15)16)11-13-10-7-5-3-4-6-9(10)12(17)14-11/h8H,3-7H2,1-2H3,(H,13,14,17). The van der Waals surface area contributed by atoms with Crippen molar-refractivity contribution < 1.29 is 8.42 Å². The van der Waals surface area contributed by atoms with Crippen LogP contribution in [0.5, 0.6) is 0 Å². The maximum atomic E-state index is 11.6. The fourth-order valence-corrected chi connectivity index (χ4v) is 3.05. The van der Waals surface area contributed by atoms with Crippen molar-refractivity contribution in [3.8, 4) is 0 Å². The first-order valence-corrected chi connectivity index (χ1v) is 8.56. The zero-order valence-corrected chi connectivity index (χ0v) is 12.3. The number of nitrogens with zero attached hydrogens (tertiary/aromatic N) is 1. The van der Waals surface area contributed by atoms with Crippen molar-refractivity contribution in [2.24, 2.45) is 0 Å². The molecule has 100 valence electrons. The van der Waals surface area contributed by atoms with Gasteiger partial charge in [-0.15, -0.1) is 0 Å². The molecular formula is C12H18N2O2S2. The summed E-state index contributed by atoms with van der Waals surface area (Å²) in [5, 5.41) is -0.632. The fourth-order valence-electron chi connectivity index (χ4n) is 2.21. The molecule has 1 aromatic rings. The number of sulfone groups is 1. The number of nitrogens with one attached hydrogen (secondary N) is 1. The van der Waals surface area contributed by atoms with Crippen LogP contribution >= 0.6 is 12.2 Å². The van der Waals surface area contributed by atoms with E-state index in [9.17, 15) is 8.42 Å². The summed E-state index contributed by atoms with van der Waals surface area (Å²) in [5.74, 6) is 0.475. The van der Waals surface area contributed by atoms with Gasteiger partial charge >= 0.3 is 0 Å². The number of hydrogen-bond donors (Lipinski definition) is 1. The Morgan fingerprint density at radius 3 is 2.61 bits per heavy atom. The minimum atomic E-state index is -3.15. The molecule has 0 saturated heterocycles. The van der Waals surface area contributed by atoms with Gasteiger partial charge in [0.15, 0.2) is 9.84 Å². The predicted molar refractivity (Wildman–Crippen MR) is 73.9 cm³/mol. The van der Waals surface area contributed by atoms with Gasteiger partial charge in [-0.3, -0.25) is 0 Å². The van der Waals surface area contributed by atoms with E-state index in [1.165, 1.54) is 12.7 Å². The number of rotatable bonds is 2. The first-order chi connectivity index (χ1) is 8.39. The van der Waals surface area contributed by atoms with Gasteiger partial charge in [-0.25, -0.2) is 13.4 Å². The molecule has 2 rings (SSSR count). The van der Waals surface area contributed by atoms with Crippen LogP contribution in [-0.4, -0.2) is 24.6 Å². The average molecular weight is 286 g/mol. The van der Waals surface area contributed by atoms with Crippen LogP contribution in [-0.2, 0) is 22.7 Å². The van der Waals surface area contributed by atoms with E-state index < -0.39 is 15.1 Å². The molecule has 1 aliphatic carbocycles. The Kier molecular flexibility index (Phi) is 3.87. The second-order valence-electron chi connectivity index (χ2n) is 4.92. The van der Waals surface area contributed by atoms with Crippen molar-refractivity contribution in [3.05, 3.63) is 21.7 Å². The van der Waals surface area contributed by atoms with Crippen LogP contribution < -0.4 is 0 Å². The first-order valence-electron chi connectivity index (χ1n) is 6.20. The third kappa shape index (κ3) is 2.80. The molecule has 0 saturated carbocycles. The summed E-state index contributed by atoms with van der Waals surface area (Å²) in [7, 11) is -3.15. The Labute approximate surface area is 113 Å². The van der Waals surface area contributed by atoms with Crippen molar-refractivity contribution in [3.63, 3.8) is 0 Å². The van der Waals surface area contributed by atoms with Crippen LogP contribution in [0.3, 0.4) is 0 Å². The maximum Gasteiger partial charge on any atom is 0.157 e. The highest BCUT2D eigenvalue weighted by Gasteiger charge is 2.21. The molecule has 0 radical (unpaired) electrons. The minimum Gasteiger partial charge on any atom is -0.346 e. The molecule has 0 aliphatic heterocycles. The Hall–Kier alpha value is -0.750. The third-order valence-corrected chi connectivity index (χ3v) is 5.35. The predicted octanol–water partition coefficient (Wildman–Crippen LogP) is 2.51. The number of H-pyrrole nitrogens is 1. The molecule has 1 unspecified atom stereocenters. The highest BCUT2D eigenvalue weighted by atomic mass is 32.2. The number of hydrogen-bond acceptors (Lipinski definition) is 4. The van der Waals surface area contributed by atoms with Crippen LogP contribution in [0.25, 0.3) is 0 Å². The van der Waals surface area contributed by atoms with Crippen molar-refractivity contribution in [1.29, 1.82) is 0 Å². The number of aryl methyl sites for hydroxylation is 1. The van der Waals surface area contributed by atoms with Gasteiger partial charge < -0.3 is 4.98 Å². The molecule has 18 heavy (non-hydrogen) atoms. The van der Waals surface area contributed by atoms with Gasteiger partial charge in [0.1, 0.15) is 15.7 Å². The molecule has 0 spiro atoms. The fraction of sp³-hybridized carbons (Fsp3) is 0.667. The molecular weight excluding hydrogens is 268 g/mol. The van der Waals surface area contributed by atoms with Gasteiger partial charge in [0.25, 0.3) is 0 Å². The topological polar surface area (TPSA) is 62.8 Å². The maximum absolute atomic E-state index is 11.6. The molecule has 1 heterocycles. The molecule has 0 aromatic carbocycles. The monoisotopic (exact) mass is 286 g/mol. The van der Waals surface area contributed by atoms with Crippen molar-refractivity contribution in [2.45, 2.75) is 44.3 Å². The summed E-state index contributed by atoms with van der Waals surface area (Å²) in [6.07, 6.45) is 6.55. The van der Waals surface area contributed by atoms with Gasteiger partial charge in [-0.05, 0) is 32.6 Å². The van der Waals surface area contributed by atoms with Crippen molar-refractivity contribution in [1.82, 2.24) is 9.97 Å². The van der Waals surface area contributed by atoms with Gasteiger partial charge in [0.05, 0.1) is 0 Å². The molecule has 4 nitrogen and oxygen atoms in total. The Morgan fingerprint density at radius 1 is 1.28 bits per heavy atom. The Balaban J connectivity index is 2.50. The highest BCUT2D eigenvalue weighted by Crippen LogP contribution is 2.23. The zero-order chi connectivity index (χ0) is 13.3. The highest BCUT2D eigenvalue weighted by molar-refractivity contribution is 7.90. The van der Waals surface area contributed by atoms with E-state index >= 15 is 0 Å². The van der Waals surface area contributed by atoms with Gasteiger partial charge in [-0.2, -0.15) is 0 Å². The Bertz CT molecular complexity index is 605. The van der Waals surface area contributed by atoms with E-state index in [1.807, 2.05) is 0 Å². The summed E-state index contributed by atoms with van der Waals surface area (Å²) in [6, 6.07) is 0. The number of aromatic nitrogens is 2. The normalized spacial score (nSPS) is 17.9. The number of fused-ring (bicyclic) bond motifs is 1. The second kappa shape index (κ2) is 5.09. The van der Waals surface area contributed by atoms with E-state index in [1.54, 1.807) is 6.92 Å².